The lowest BCUT2D eigenvalue weighted by Gasteiger charge is -2.15. The lowest BCUT2D eigenvalue weighted by atomic mass is 10.1. The van der Waals surface area contributed by atoms with Crippen LogP contribution in [0.1, 0.15) is 41.4 Å². The van der Waals surface area contributed by atoms with Crippen LogP contribution in [0.25, 0.3) is 0 Å². The molecule has 0 saturated carbocycles. The van der Waals surface area contributed by atoms with E-state index in [0.717, 1.165) is 18.1 Å². The summed E-state index contributed by atoms with van der Waals surface area (Å²) in [4.78, 5) is 34.2. The second kappa shape index (κ2) is 9.14. The number of aryl methyl sites for hydroxylation is 1. The molecule has 2 aromatic carbocycles. The predicted molar refractivity (Wildman–Crippen MR) is 101 cm³/mol. The maximum atomic E-state index is 12.1. The predicted octanol–water partition coefficient (Wildman–Crippen LogP) is 3.84. The third-order valence-electron chi connectivity index (χ3n) is 3.98. The Balaban J connectivity index is 1.93. The van der Waals surface area contributed by atoms with Gasteiger partial charge in [0, 0.05) is 12.1 Å². The van der Waals surface area contributed by atoms with Crippen molar-refractivity contribution >= 4 is 29.2 Å². The number of non-ortho nitro benzene ring substituents is 1. The Kier molecular flexibility index (Phi) is 6.90. The number of carbonyl (C=O) groups is 2. The van der Waals surface area contributed by atoms with E-state index in [9.17, 15) is 19.7 Å². The largest absolute Gasteiger partial charge is 0.452 e. The number of halogens is 1. The highest BCUT2D eigenvalue weighted by atomic mass is 35.5. The monoisotopic (exact) mass is 390 g/mol. The van der Waals surface area contributed by atoms with Gasteiger partial charge in [-0.25, -0.2) is 4.79 Å². The quantitative estimate of drug-likeness (QED) is 0.440. The van der Waals surface area contributed by atoms with Crippen LogP contribution in [0.15, 0.2) is 42.5 Å². The second-order valence-electron chi connectivity index (χ2n) is 5.88. The molecule has 0 aromatic heterocycles. The van der Waals surface area contributed by atoms with E-state index in [2.05, 4.69) is 12.2 Å². The van der Waals surface area contributed by atoms with E-state index >= 15 is 0 Å². The number of ether oxygens (including phenoxy) is 1. The Hall–Kier alpha value is -2.93. The van der Waals surface area contributed by atoms with Gasteiger partial charge in [-0.2, -0.15) is 0 Å². The topological polar surface area (TPSA) is 98.5 Å². The van der Waals surface area contributed by atoms with Crippen LogP contribution in [0.2, 0.25) is 5.02 Å². The maximum absolute atomic E-state index is 12.1. The zero-order valence-corrected chi connectivity index (χ0v) is 15.7. The maximum Gasteiger partial charge on any atom is 0.340 e. The zero-order valence-electron chi connectivity index (χ0n) is 14.9. The Labute approximate surface area is 161 Å². The minimum atomic E-state index is -0.904. The molecule has 0 radical (unpaired) electrons. The van der Waals surface area contributed by atoms with E-state index in [1.807, 2.05) is 31.2 Å². The van der Waals surface area contributed by atoms with E-state index in [1.54, 1.807) is 0 Å². The molecule has 0 aliphatic rings. The van der Waals surface area contributed by atoms with Crippen molar-refractivity contribution in [3.05, 3.63) is 74.3 Å². The first kappa shape index (κ1) is 20.4. The molecular formula is C19H19ClN2O5. The fourth-order valence-electron chi connectivity index (χ4n) is 2.40. The third-order valence-corrected chi connectivity index (χ3v) is 4.31. The average Bonchev–Trinajstić information content (AvgIpc) is 2.66. The highest BCUT2D eigenvalue weighted by Crippen LogP contribution is 2.22. The first-order valence-corrected chi connectivity index (χ1v) is 8.69. The van der Waals surface area contributed by atoms with Crippen LogP contribution in [0.5, 0.6) is 0 Å². The van der Waals surface area contributed by atoms with E-state index in [-0.39, 0.29) is 22.3 Å². The molecule has 1 atom stereocenters. The molecule has 0 spiro atoms. The molecule has 1 amide bonds. The van der Waals surface area contributed by atoms with Gasteiger partial charge in [0.2, 0.25) is 0 Å². The van der Waals surface area contributed by atoms with E-state index in [4.69, 9.17) is 16.3 Å². The number of benzene rings is 2. The molecule has 0 saturated heterocycles. The van der Waals surface area contributed by atoms with E-state index in [1.165, 1.54) is 17.7 Å². The summed E-state index contributed by atoms with van der Waals surface area (Å²) in [5.41, 5.74) is 1.66. The number of nitrogens with zero attached hydrogens (tertiary/aromatic N) is 1. The molecule has 2 aromatic rings. The van der Waals surface area contributed by atoms with Crippen LogP contribution in [-0.2, 0) is 16.0 Å². The van der Waals surface area contributed by atoms with Gasteiger partial charge in [-0.3, -0.25) is 14.9 Å². The molecule has 0 aliphatic carbocycles. The summed E-state index contributed by atoms with van der Waals surface area (Å²) in [7, 11) is 0. The Morgan fingerprint density at radius 3 is 2.48 bits per heavy atom. The number of hydrogen-bond donors (Lipinski definition) is 1. The molecule has 0 unspecified atom stereocenters. The van der Waals surface area contributed by atoms with Crippen molar-refractivity contribution in [3.63, 3.8) is 0 Å². The number of nitro benzene ring substituents is 1. The molecule has 27 heavy (non-hydrogen) atoms. The number of esters is 1. The number of amides is 1. The summed E-state index contributed by atoms with van der Waals surface area (Å²) in [6, 6.07) is 11.0. The summed E-state index contributed by atoms with van der Waals surface area (Å²) in [6.07, 6.45) is 0.928. The van der Waals surface area contributed by atoms with Gasteiger partial charge < -0.3 is 10.1 Å². The average molecular weight is 391 g/mol. The highest BCUT2D eigenvalue weighted by Gasteiger charge is 2.18. The van der Waals surface area contributed by atoms with Crippen LogP contribution in [0.4, 0.5) is 5.69 Å². The van der Waals surface area contributed by atoms with Crippen molar-refractivity contribution in [2.45, 2.75) is 26.3 Å². The standard InChI is InChI=1S/C19H19ClN2O5/c1-3-13-4-6-14(7-5-13)12(2)21-18(23)11-27-19(24)16-10-15(22(25)26)8-9-17(16)20/h4-10,12H,3,11H2,1-2H3,(H,21,23)/t12-/m0/s1. The van der Waals surface area contributed by atoms with Crippen molar-refractivity contribution in [1.82, 2.24) is 5.32 Å². The zero-order chi connectivity index (χ0) is 20.0. The van der Waals surface area contributed by atoms with Crippen molar-refractivity contribution in [2.75, 3.05) is 6.61 Å². The Morgan fingerprint density at radius 2 is 1.89 bits per heavy atom. The van der Waals surface area contributed by atoms with Crippen molar-refractivity contribution in [3.8, 4) is 0 Å². The molecular weight excluding hydrogens is 372 g/mol. The summed E-state index contributed by atoms with van der Waals surface area (Å²) in [6.45, 7) is 3.36. The minimum absolute atomic E-state index is 0.00962. The SMILES string of the molecule is CCc1ccc([C@H](C)NC(=O)COC(=O)c2cc([N+](=O)[O-])ccc2Cl)cc1. The lowest BCUT2D eigenvalue weighted by Crippen LogP contribution is -2.31. The molecule has 0 aliphatic heterocycles. The van der Waals surface area contributed by atoms with Crippen molar-refractivity contribution in [2.24, 2.45) is 0 Å². The Bertz CT molecular complexity index is 852. The van der Waals surface area contributed by atoms with Crippen LogP contribution < -0.4 is 5.32 Å². The van der Waals surface area contributed by atoms with Crippen molar-refractivity contribution < 1.29 is 19.2 Å². The summed E-state index contributed by atoms with van der Waals surface area (Å²) < 4.78 is 4.92. The lowest BCUT2D eigenvalue weighted by molar-refractivity contribution is -0.384. The van der Waals surface area contributed by atoms with Gasteiger partial charge in [0.1, 0.15) is 0 Å². The smallest absolute Gasteiger partial charge is 0.340 e. The number of hydrogen-bond acceptors (Lipinski definition) is 5. The van der Waals surface area contributed by atoms with E-state index in [0.29, 0.717) is 0 Å². The first-order valence-electron chi connectivity index (χ1n) is 8.31. The molecule has 8 heteroatoms. The first-order chi connectivity index (χ1) is 12.8. The number of nitro groups is 1. The van der Waals surface area contributed by atoms with Gasteiger partial charge in [0.15, 0.2) is 6.61 Å². The van der Waals surface area contributed by atoms with Crippen molar-refractivity contribution in [1.29, 1.82) is 0 Å². The minimum Gasteiger partial charge on any atom is -0.452 e. The van der Waals surface area contributed by atoms with Gasteiger partial charge in [0.25, 0.3) is 11.6 Å². The van der Waals surface area contributed by atoms with Gasteiger partial charge in [-0.15, -0.1) is 0 Å². The fraction of sp³-hybridized carbons (Fsp3) is 0.263. The molecule has 7 nitrogen and oxygen atoms in total. The summed E-state index contributed by atoms with van der Waals surface area (Å²) in [5, 5.41) is 13.5. The highest BCUT2D eigenvalue weighted by molar-refractivity contribution is 6.33. The number of carbonyl (C=O) groups excluding carboxylic acids is 2. The molecule has 1 N–H and O–H groups in total. The van der Waals surface area contributed by atoms with Crippen LogP contribution in [-0.4, -0.2) is 23.4 Å². The molecule has 142 valence electrons. The van der Waals surface area contributed by atoms with Crippen LogP contribution in [0.3, 0.4) is 0 Å². The van der Waals surface area contributed by atoms with Gasteiger partial charge in [0.05, 0.1) is 21.6 Å². The number of rotatable bonds is 7. The summed E-state index contributed by atoms with van der Waals surface area (Å²) >= 11 is 5.88. The Morgan fingerprint density at radius 1 is 1.22 bits per heavy atom. The normalized spacial score (nSPS) is 11.5. The van der Waals surface area contributed by atoms with Gasteiger partial charge in [-0.05, 0) is 30.5 Å². The molecule has 0 heterocycles. The van der Waals surface area contributed by atoms with Gasteiger partial charge >= 0.3 is 5.97 Å². The molecule has 0 bridgehead atoms. The fourth-order valence-corrected chi connectivity index (χ4v) is 2.60. The molecule has 2 rings (SSSR count). The third kappa shape index (κ3) is 5.52. The molecule has 0 fully saturated rings. The van der Waals surface area contributed by atoms with E-state index < -0.39 is 23.4 Å². The number of nitrogens with one attached hydrogen (secondary N) is 1. The summed E-state index contributed by atoms with van der Waals surface area (Å²) in [5.74, 6) is -1.39. The van der Waals surface area contributed by atoms with Crippen LogP contribution >= 0.6 is 11.6 Å². The van der Waals surface area contributed by atoms with Crippen LogP contribution in [0, 0.1) is 10.1 Å². The van der Waals surface area contributed by atoms with Gasteiger partial charge in [-0.1, -0.05) is 42.8 Å². The second-order valence-corrected chi connectivity index (χ2v) is 6.29.